The van der Waals surface area contributed by atoms with Gasteiger partial charge in [0.15, 0.2) is 5.82 Å². The number of hydrogen-bond donors (Lipinski definition) is 0. The normalized spacial score (nSPS) is 12.2. The van der Waals surface area contributed by atoms with Gasteiger partial charge in [0.25, 0.3) is 0 Å². The molecule has 0 atom stereocenters. The van der Waals surface area contributed by atoms with Gasteiger partial charge in [-0.25, -0.2) is 9.97 Å². The van der Waals surface area contributed by atoms with Crippen molar-refractivity contribution in [1.29, 1.82) is 0 Å². The van der Waals surface area contributed by atoms with Crippen molar-refractivity contribution in [2.75, 3.05) is 0 Å². The van der Waals surface area contributed by atoms with Crippen molar-refractivity contribution < 1.29 is 0 Å². The second kappa shape index (κ2) is 13.4. The van der Waals surface area contributed by atoms with E-state index in [1.54, 1.807) is 0 Å². The number of nitrogens with zero attached hydrogens (tertiary/aromatic N) is 4. The zero-order valence-corrected chi connectivity index (χ0v) is 33.6. The van der Waals surface area contributed by atoms with Gasteiger partial charge in [0.1, 0.15) is 5.82 Å². The first-order valence-corrected chi connectivity index (χ1v) is 21.5. The summed E-state index contributed by atoms with van der Waals surface area (Å²) in [5.41, 5.74) is 13.6. The maximum Gasteiger partial charge on any atom is 0.162 e. The lowest BCUT2D eigenvalue weighted by atomic mass is 9.94. The van der Waals surface area contributed by atoms with Crippen LogP contribution in [-0.2, 0) is 0 Å². The first-order chi connectivity index (χ1) is 30.2. The van der Waals surface area contributed by atoms with Crippen LogP contribution in [0.3, 0.4) is 0 Å². The third-order valence-corrected chi connectivity index (χ3v) is 13.4. The summed E-state index contributed by atoms with van der Waals surface area (Å²) < 4.78 is 4.78. The highest BCUT2D eigenvalue weighted by Gasteiger charge is 2.24. The number of benzene rings is 9. The molecule has 1 aliphatic heterocycles. The van der Waals surface area contributed by atoms with Crippen LogP contribution < -0.4 is 0 Å². The SMILES string of the molecule is c1ccc(-c2cc(-n3c4ccccc4c4ccc(-c5ccc6c7c8cccc9c8c(cc7n(-c7ccccc7)c6c5)Sc5ccccc5-9)cc43)nc(-c3ccccc3)n2)cc1. The molecule has 0 amide bonds. The smallest absolute Gasteiger partial charge is 0.162 e. The molecule has 1 aliphatic rings. The van der Waals surface area contributed by atoms with Crippen molar-refractivity contribution in [3.05, 3.63) is 206 Å². The molecule has 0 bridgehead atoms. The molecule has 0 saturated carbocycles. The van der Waals surface area contributed by atoms with E-state index in [4.69, 9.17) is 9.97 Å². The lowest BCUT2D eigenvalue weighted by molar-refractivity contribution is 1.05. The minimum atomic E-state index is 0.693. The number of rotatable bonds is 5. The molecule has 0 unspecified atom stereocenters. The summed E-state index contributed by atoms with van der Waals surface area (Å²) in [4.78, 5) is 13.0. The Hall–Kier alpha value is -7.73. The molecule has 13 rings (SSSR count). The van der Waals surface area contributed by atoms with E-state index in [0.29, 0.717) is 5.82 Å². The zero-order chi connectivity index (χ0) is 40.0. The summed E-state index contributed by atoms with van der Waals surface area (Å²) in [7, 11) is 0. The summed E-state index contributed by atoms with van der Waals surface area (Å²) in [5.74, 6) is 1.52. The van der Waals surface area contributed by atoms with E-state index >= 15 is 0 Å². The Morgan fingerprint density at radius 2 is 0.967 bits per heavy atom. The van der Waals surface area contributed by atoms with Crippen LogP contribution in [0.2, 0.25) is 0 Å². The Morgan fingerprint density at radius 1 is 0.344 bits per heavy atom. The molecule has 5 heteroatoms. The fraction of sp³-hybridized carbons (Fsp3) is 0. The van der Waals surface area contributed by atoms with E-state index in [2.05, 4.69) is 191 Å². The average molecular weight is 795 g/mol. The molecular weight excluding hydrogens is 761 g/mol. The fourth-order valence-electron chi connectivity index (χ4n) is 9.61. The van der Waals surface area contributed by atoms with Crippen LogP contribution in [0.5, 0.6) is 0 Å². The van der Waals surface area contributed by atoms with Crippen LogP contribution in [-0.4, -0.2) is 19.1 Å². The predicted molar refractivity (Wildman–Crippen MR) is 254 cm³/mol. The first kappa shape index (κ1) is 34.2. The van der Waals surface area contributed by atoms with E-state index in [1.165, 1.54) is 64.3 Å². The topological polar surface area (TPSA) is 35.6 Å². The van der Waals surface area contributed by atoms with E-state index in [1.807, 2.05) is 36.0 Å². The predicted octanol–water partition coefficient (Wildman–Crippen LogP) is 15.0. The standard InChI is InChI=1S/C56H34N4S/c1-4-15-35(16-5-1)46-33-53(58-56(57-46)36-17-6-2-7-18-36)60-47-25-12-10-21-40(47)41-29-27-37(31-48(41)60)38-28-30-44-49(32-38)59(39-19-8-3-9-20-39)50-34-52-55-43(23-14-24-45(55)54(44)50)42-22-11-13-26-51(42)61-52/h1-34H. The Morgan fingerprint density at radius 3 is 1.77 bits per heavy atom. The second-order valence-electron chi connectivity index (χ2n) is 15.7. The largest absolute Gasteiger partial charge is 0.309 e. The minimum Gasteiger partial charge on any atom is -0.309 e. The van der Waals surface area contributed by atoms with Gasteiger partial charge in [-0.1, -0.05) is 169 Å². The molecule has 284 valence electrons. The highest BCUT2D eigenvalue weighted by atomic mass is 32.2. The van der Waals surface area contributed by atoms with Crippen LogP contribution in [0.25, 0.3) is 111 Å². The number of para-hydroxylation sites is 2. The van der Waals surface area contributed by atoms with Gasteiger partial charge in [-0.05, 0) is 70.1 Å². The van der Waals surface area contributed by atoms with Crippen LogP contribution >= 0.6 is 11.8 Å². The van der Waals surface area contributed by atoms with Gasteiger partial charge in [0, 0.05) is 59.6 Å². The maximum atomic E-state index is 5.29. The van der Waals surface area contributed by atoms with Gasteiger partial charge >= 0.3 is 0 Å². The molecule has 0 radical (unpaired) electrons. The van der Waals surface area contributed by atoms with E-state index in [-0.39, 0.29) is 0 Å². The maximum absolute atomic E-state index is 5.29. The molecule has 0 spiro atoms. The van der Waals surface area contributed by atoms with Gasteiger partial charge in [0.2, 0.25) is 0 Å². The Labute approximate surface area is 356 Å². The molecule has 0 N–H and O–H groups in total. The second-order valence-corrected chi connectivity index (χ2v) is 16.8. The summed E-state index contributed by atoms with van der Waals surface area (Å²) in [5, 5.41) is 7.52. The summed E-state index contributed by atoms with van der Waals surface area (Å²) >= 11 is 1.88. The number of aromatic nitrogens is 4. The van der Waals surface area contributed by atoms with Gasteiger partial charge in [-0.3, -0.25) is 4.57 Å². The molecule has 3 aromatic heterocycles. The Bertz CT molecular complexity index is 3660. The van der Waals surface area contributed by atoms with Gasteiger partial charge in [-0.2, -0.15) is 0 Å². The van der Waals surface area contributed by atoms with Crippen molar-refractivity contribution in [2.45, 2.75) is 9.79 Å². The van der Waals surface area contributed by atoms with Crippen LogP contribution in [0.4, 0.5) is 0 Å². The molecule has 4 heterocycles. The first-order valence-electron chi connectivity index (χ1n) is 20.7. The van der Waals surface area contributed by atoms with Crippen molar-refractivity contribution in [3.63, 3.8) is 0 Å². The molecule has 4 nitrogen and oxygen atoms in total. The summed E-state index contributed by atoms with van der Waals surface area (Å²) in [6.45, 7) is 0. The van der Waals surface area contributed by atoms with Crippen LogP contribution in [0.1, 0.15) is 0 Å². The van der Waals surface area contributed by atoms with Crippen molar-refractivity contribution in [3.8, 4) is 56.4 Å². The minimum absolute atomic E-state index is 0.693. The molecule has 61 heavy (non-hydrogen) atoms. The molecule has 12 aromatic rings. The third-order valence-electron chi connectivity index (χ3n) is 12.3. The molecule has 0 fully saturated rings. The van der Waals surface area contributed by atoms with Crippen molar-refractivity contribution in [2.24, 2.45) is 0 Å². The highest BCUT2D eigenvalue weighted by Crippen LogP contribution is 2.51. The van der Waals surface area contributed by atoms with E-state index in [9.17, 15) is 0 Å². The lowest BCUT2D eigenvalue weighted by Gasteiger charge is -2.21. The number of fused-ring (bicyclic) bond motifs is 9. The van der Waals surface area contributed by atoms with Crippen molar-refractivity contribution in [1.82, 2.24) is 19.1 Å². The highest BCUT2D eigenvalue weighted by molar-refractivity contribution is 7.99. The lowest BCUT2D eigenvalue weighted by Crippen LogP contribution is -2.02. The van der Waals surface area contributed by atoms with E-state index in [0.717, 1.165) is 50.5 Å². The van der Waals surface area contributed by atoms with Gasteiger partial charge < -0.3 is 4.57 Å². The monoisotopic (exact) mass is 794 g/mol. The summed E-state index contributed by atoms with van der Waals surface area (Å²) in [6.07, 6.45) is 0. The summed E-state index contributed by atoms with van der Waals surface area (Å²) in [6, 6.07) is 74.2. The van der Waals surface area contributed by atoms with Crippen molar-refractivity contribution >= 4 is 66.1 Å². The molecule has 0 aliphatic carbocycles. The molecule has 9 aromatic carbocycles. The van der Waals surface area contributed by atoms with Gasteiger partial charge in [-0.15, -0.1) is 0 Å². The van der Waals surface area contributed by atoms with Crippen LogP contribution in [0, 0.1) is 0 Å². The average Bonchev–Trinajstić information content (AvgIpc) is 3.84. The Balaban J connectivity index is 1.05. The number of hydrogen-bond acceptors (Lipinski definition) is 3. The van der Waals surface area contributed by atoms with Gasteiger partial charge in [0.05, 0.1) is 27.8 Å². The molecular formula is C56H34N4S. The third kappa shape index (κ3) is 5.27. The Kier molecular flexibility index (Phi) is 7.50. The zero-order valence-electron chi connectivity index (χ0n) is 32.8. The fourth-order valence-corrected chi connectivity index (χ4v) is 10.8. The molecule has 0 saturated heterocycles. The van der Waals surface area contributed by atoms with E-state index < -0.39 is 0 Å². The quantitative estimate of drug-likeness (QED) is 0.174. The van der Waals surface area contributed by atoms with Crippen LogP contribution in [0.15, 0.2) is 216 Å².